The fourth-order valence-electron chi connectivity index (χ4n) is 2.71. The van der Waals surface area contributed by atoms with E-state index in [1.807, 2.05) is 6.07 Å². The Kier molecular flexibility index (Phi) is 4.50. The monoisotopic (exact) mass is 262 g/mol. The summed E-state index contributed by atoms with van der Waals surface area (Å²) in [7, 11) is 0. The number of nitrogens with two attached hydrogens (primary N) is 1. The highest BCUT2D eigenvalue weighted by Gasteiger charge is 2.24. The number of hydrazine groups is 1. The molecule has 5 nitrogen and oxygen atoms in total. The van der Waals surface area contributed by atoms with Crippen molar-refractivity contribution in [2.75, 3.05) is 0 Å². The van der Waals surface area contributed by atoms with E-state index in [1.54, 1.807) is 12.3 Å². The number of nitrogens with one attached hydrogen (secondary N) is 1. The van der Waals surface area contributed by atoms with Gasteiger partial charge in [-0.15, -0.1) is 0 Å². The van der Waals surface area contributed by atoms with Gasteiger partial charge in [0, 0.05) is 24.8 Å². The van der Waals surface area contributed by atoms with E-state index in [0.717, 1.165) is 12.2 Å². The minimum absolute atomic E-state index is 0.307. The molecule has 0 radical (unpaired) electrons. The molecule has 0 aliphatic carbocycles. The third-order valence-electron chi connectivity index (χ3n) is 3.94. The predicted molar refractivity (Wildman–Crippen MR) is 74.2 cm³/mol. The highest BCUT2D eigenvalue weighted by atomic mass is 16.2. The highest BCUT2D eigenvalue weighted by Crippen LogP contribution is 2.24. The first-order valence-electron chi connectivity index (χ1n) is 6.83. The van der Waals surface area contributed by atoms with Gasteiger partial charge in [0.05, 0.1) is 11.3 Å². The Morgan fingerprint density at radius 2 is 2.11 bits per heavy atom. The summed E-state index contributed by atoms with van der Waals surface area (Å²) in [5.74, 6) is 4.79. The van der Waals surface area contributed by atoms with Gasteiger partial charge in [-0.3, -0.25) is 20.1 Å². The maximum absolute atomic E-state index is 11.3. The van der Waals surface area contributed by atoms with Gasteiger partial charge in [0.25, 0.3) is 5.91 Å². The summed E-state index contributed by atoms with van der Waals surface area (Å²) in [5, 5.41) is 0. The molecule has 5 heteroatoms. The van der Waals surface area contributed by atoms with E-state index < -0.39 is 0 Å². The SMILES string of the molecule is C[C@@H]1CCC[C@H](C)N1Cc1ccc(C(=O)NN)cn1. The van der Waals surface area contributed by atoms with Crippen molar-refractivity contribution in [2.45, 2.75) is 51.7 Å². The van der Waals surface area contributed by atoms with Crippen LogP contribution in [-0.2, 0) is 6.54 Å². The van der Waals surface area contributed by atoms with Gasteiger partial charge in [-0.2, -0.15) is 0 Å². The van der Waals surface area contributed by atoms with Gasteiger partial charge in [0.2, 0.25) is 0 Å². The Balaban J connectivity index is 2.04. The van der Waals surface area contributed by atoms with Crippen molar-refractivity contribution in [1.82, 2.24) is 15.3 Å². The number of nitrogen functional groups attached to an aromatic ring is 1. The molecule has 0 bridgehead atoms. The molecule has 1 aromatic rings. The molecule has 0 saturated carbocycles. The van der Waals surface area contributed by atoms with Crippen LogP contribution in [0.2, 0.25) is 0 Å². The van der Waals surface area contributed by atoms with Crippen molar-refractivity contribution in [3.8, 4) is 0 Å². The molecule has 19 heavy (non-hydrogen) atoms. The largest absolute Gasteiger partial charge is 0.292 e. The summed E-state index contributed by atoms with van der Waals surface area (Å²) >= 11 is 0. The third-order valence-corrected chi connectivity index (χ3v) is 3.94. The van der Waals surface area contributed by atoms with Crippen LogP contribution in [0.4, 0.5) is 0 Å². The Bertz CT molecular complexity index is 422. The normalized spacial score (nSPS) is 24.2. The summed E-state index contributed by atoms with van der Waals surface area (Å²) in [6, 6.07) is 4.86. The molecule has 1 saturated heterocycles. The Morgan fingerprint density at radius 3 is 2.63 bits per heavy atom. The fraction of sp³-hybridized carbons (Fsp3) is 0.571. The van der Waals surface area contributed by atoms with E-state index in [1.165, 1.54) is 19.3 Å². The number of amides is 1. The molecule has 2 atom stereocenters. The van der Waals surface area contributed by atoms with Gasteiger partial charge in [-0.1, -0.05) is 6.42 Å². The van der Waals surface area contributed by atoms with Crippen molar-refractivity contribution in [3.05, 3.63) is 29.6 Å². The smallest absolute Gasteiger partial charge is 0.266 e. The first-order chi connectivity index (χ1) is 9.11. The molecule has 0 aromatic carbocycles. The zero-order chi connectivity index (χ0) is 13.8. The number of likely N-dealkylation sites (tertiary alicyclic amines) is 1. The summed E-state index contributed by atoms with van der Waals surface area (Å²) < 4.78 is 0. The summed E-state index contributed by atoms with van der Waals surface area (Å²) in [4.78, 5) is 18.2. The van der Waals surface area contributed by atoms with E-state index >= 15 is 0 Å². The maximum Gasteiger partial charge on any atom is 0.266 e. The van der Waals surface area contributed by atoms with E-state index in [0.29, 0.717) is 17.6 Å². The molecule has 1 aliphatic rings. The van der Waals surface area contributed by atoms with Crippen LogP contribution < -0.4 is 11.3 Å². The van der Waals surface area contributed by atoms with E-state index in [9.17, 15) is 4.79 Å². The Labute approximate surface area is 114 Å². The zero-order valence-electron chi connectivity index (χ0n) is 11.6. The minimum Gasteiger partial charge on any atom is -0.292 e. The lowest BCUT2D eigenvalue weighted by Crippen LogP contribution is -2.43. The number of hydrogen-bond donors (Lipinski definition) is 2. The molecule has 3 N–H and O–H groups in total. The number of hydrogen-bond acceptors (Lipinski definition) is 4. The quantitative estimate of drug-likeness (QED) is 0.491. The standard InChI is InChI=1S/C14H22N4O/c1-10-4-3-5-11(2)18(10)9-13-7-6-12(8-16-13)14(19)17-15/h6-8,10-11H,3-5,9,15H2,1-2H3,(H,17,19)/t10-,11+. The molecule has 2 rings (SSSR count). The first kappa shape index (κ1) is 14.0. The van der Waals surface area contributed by atoms with Gasteiger partial charge in [0.15, 0.2) is 0 Å². The van der Waals surface area contributed by atoms with Crippen LogP contribution in [-0.4, -0.2) is 27.9 Å². The summed E-state index contributed by atoms with van der Waals surface area (Å²) in [6.07, 6.45) is 5.38. The second kappa shape index (κ2) is 6.12. The second-order valence-electron chi connectivity index (χ2n) is 5.31. The molecule has 0 unspecified atom stereocenters. The van der Waals surface area contributed by atoms with Gasteiger partial charge in [0.1, 0.15) is 0 Å². The highest BCUT2D eigenvalue weighted by molar-refractivity contribution is 5.93. The lowest BCUT2D eigenvalue weighted by Gasteiger charge is -2.38. The van der Waals surface area contributed by atoms with Crippen LogP contribution in [0.15, 0.2) is 18.3 Å². The maximum atomic E-state index is 11.3. The number of rotatable bonds is 3. The van der Waals surface area contributed by atoms with Gasteiger partial charge in [-0.05, 0) is 38.8 Å². The van der Waals surface area contributed by atoms with Crippen molar-refractivity contribution >= 4 is 5.91 Å². The van der Waals surface area contributed by atoms with Gasteiger partial charge < -0.3 is 0 Å². The molecule has 2 heterocycles. The molecule has 0 spiro atoms. The number of nitrogens with zero attached hydrogens (tertiary/aromatic N) is 2. The molecule has 104 valence electrons. The van der Waals surface area contributed by atoms with Crippen LogP contribution >= 0.6 is 0 Å². The lowest BCUT2D eigenvalue weighted by atomic mass is 9.97. The van der Waals surface area contributed by atoms with Crippen LogP contribution in [0, 0.1) is 0 Å². The van der Waals surface area contributed by atoms with Crippen molar-refractivity contribution in [2.24, 2.45) is 5.84 Å². The Hall–Kier alpha value is -1.46. The predicted octanol–water partition coefficient (Wildman–Crippen LogP) is 1.45. The molecular formula is C14H22N4O. The zero-order valence-corrected chi connectivity index (χ0v) is 11.6. The Morgan fingerprint density at radius 1 is 1.42 bits per heavy atom. The van der Waals surface area contributed by atoms with Crippen molar-refractivity contribution < 1.29 is 4.79 Å². The van der Waals surface area contributed by atoms with Crippen molar-refractivity contribution in [3.63, 3.8) is 0 Å². The van der Waals surface area contributed by atoms with Gasteiger partial charge in [-0.25, -0.2) is 5.84 Å². The molecular weight excluding hydrogens is 240 g/mol. The summed E-state index contributed by atoms with van der Waals surface area (Å²) in [5.41, 5.74) is 3.59. The molecule has 1 aliphatic heterocycles. The van der Waals surface area contributed by atoms with Gasteiger partial charge >= 0.3 is 0 Å². The molecule has 1 fully saturated rings. The van der Waals surface area contributed by atoms with Crippen molar-refractivity contribution in [1.29, 1.82) is 0 Å². The topological polar surface area (TPSA) is 71.2 Å². The average Bonchev–Trinajstić information content (AvgIpc) is 2.43. The number of aromatic nitrogens is 1. The van der Waals surface area contributed by atoms with Crippen LogP contribution in [0.1, 0.15) is 49.2 Å². The fourth-order valence-corrected chi connectivity index (χ4v) is 2.71. The van der Waals surface area contributed by atoms with E-state index in [4.69, 9.17) is 5.84 Å². The van der Waals surface area contributed by atoms with E-state index in [-0.39, 0.29) is 5.91 Å². The average molecular weight is 262 g/mol. The minimum atomic E-state index is -0.307. The third kappa shape index (κ3) is 3.30. The number of carbonyl (C=O) groups excluding carboxylic acids is 1. The second-order valence-corrected chi connectivity index (χ2v) is 5.31. The number of carbonyl (C=O) groups is 1. The number of pyridine rings is 1. The van der Waals surface area contributed by atoms with Crippen LogP contribution in [0.3, 0.4) is 0 Å². The van der Waals surface area contributed by atoms with Crippen LogP contribution in [0.25, 0.3) is 0 Å². The molecule has 1 amide bonds. The van der Waals surface area contributed by atoms with Crippen LogP contribution in [0.5, 0.6) is 0 Å². The first-order valence-corrected chi connectivity index (χ1v) is 6.83. The molecule has 1 aromatic heterocycles. The van der Waals surface area contributed by atoms with E-state index in [2.05, 4.69) is 29.2 Å². The lowest BCUT2D eigenvalue weighted by molar-refractivity contribution is 0.0933. The number of piperidine rings is 1. The summed E-state index contributed by atoms with van der Waals surface area (Å²) in [6.45, 7) is 5.38.